The van der Waals surface area contributed by atoms with Crippen LogP contribution in [0.2, 0.25) is 0 Å². The number of benzene rings is 1. The van der Waals surface area contributed by atoms with Crippen LogP contribution in [-0.4, -0.2) is 29.8 Å². The maximum atomic E-state index is 12.2. The highest BCUT2D eigenvalue weighted by Gasteiger charge is 2.33. The average molecular weight is 329 g/mol. The third kappa shape index (κ3) is 3.34. The third-order valence-electron chi connectivity index (χ3n) is 3.42. The number of amidine groups is 1. The molecule has 1 atom stereocenters. The topological polar surface area (TPSA) is 80.1 Å². The zero-order chi connectivity index (χ0) is 16.4. The van der Waals surface area contributed by atoms with Gasteiger partial charge < -0.3 is 10.1 Å². The molecule has 1 N–H and O–H groups in total. The molecule has 2 aliphatic heterocycles. The lowest BCUT2D eigenvalue weighted by Crippen LogP contribution is -2.34. The molecule has 1 aromatic carbocycles. The van der Waals surface area contributed by atoms with E-state index in [0.717, 1.165) is 10.5 Å². The lowest BCUT2D eigenvalue weighted by atomic mass is 10.1. The lowest BCUT2D eigenvalue weighted by Gasteiger charge is -2.12. The van der Waals surface area contributed by atoms with Gasteiger partial charge in [-0.3, -0.25) is 9.59 Å². The van der Waals surface area contributed by atoms with Crippen molar-refractivity contribution in [1.29, 1.82) is 0 Å². The molecule has 2 aliphatic rings. The number of rotatable bonds is 4. The first-order valence-corrected chi connectivity index (χ1v) is 7.87. The van der Waals surface area contributed by atoms with Crippen LogP contribution in [0.15, 0.2) is 45.2 Å². The molecule has 3 rings (SSSR count). The van der Waals surface area contributed by atoms with E-state index in [-0.39, 0.29) is 11.7 Å². The number of aliphatic imine (C=N–C) groups is 2. The van der Waals surface area contributed by atoms with E-state index >= 15 is 0 Å². The summed E-state index contributed by atoms with van der Waals surface area (Å²) < 4.78 is 5.14. The Hall–Kier alpha value is -2.41. The van der Waals surface area contributed by atoms with E-state index in [0.29, 0.717) is 17.3 Å². The summed E-state index contributed by atoms with van der Waals surface area (Å²) in [5, 5.41) is 3.34. The van der Waals surface area contributed by atoms with Crippen molar-refractivity contribution in [2.75, 3.05) is 7.11 Å². The van der Waals surface area contributed by atoms with Crippen LogP contribution in [-0.2, 0) is 16.1 Å². The number of hydrogen-bond donors (Lipinski definition) is 1. The number of hydrogen-bond acceptors (Lipinski definition) is 5. The van der Waals surface area contributed by atoms with Crippen molar-refractivity contribution >= 4 is 34.5 Å². The number of allylic oxidation sites excluding steroid dienone is 1. The Kier molecular flexibility index (Phi) is 4.29. The second-order valence-corrected chi connectivity index (χ2v) is 6.38. The number of fused-ring (bicyclic) bond motifs is 1. The van der Waals surface area contributed by atoms with E-state index in [9.17, 15) is 9.59 Å². The molecule has 1 aromatic rings. The zero-order valence-electron chi connectivity index (χ0n) is 12.7. The summed E-state index contributed by atoms with van der Waals surface area (Å²) in [4.78, 5) is 33.2. The molecule has 0 saturated carbocycles. The number of nitrogens with one attached hydrogen (secondary N) is 1. The number of nitrogens with zero attached hydrogens (tertiary/aromatic N) is 2. The predicted octanol–water partition coefficient (Wildman–Crippen LogP) is 1.92. The second kappa shape index (κ2) is 6.37. The molecule has 118 valence electrons. The van der Waals surface area contributed by atoms with Gasteiger partial charge in [-0.15, -0.1) is 0 Å². The number of carbonyl (C=O) groups is 2. The van der Waals surface area contributed by atoms with Gasteiger partial charge in [0, 0.05) is 6.54 Å². The van der Waals surface area contributed by atoms with E-state index in [1.807, 2.05) is 37.3 Å². The lowest BCUT2D eigenvalue weighted by molar-refractivity contribution is -0.119. The SMILES string of the molecule is COc1cccc(CNC(=O)C2=NC(=O)C3C=C(C)SC3=N2)c1. The monoisotopic (exact) mass is 329 g/mol. The highest BCUT2D eigenvalue weighted by atomic mass is 32.2. The van der Waals surface area contributed by atoms with Crippen LogP contribution in [0.3, 0.4) is 0 Å². The van der Waals surface area contributed by atoms with Crippen molar-refractivity contribution in [3.63, 3.8) is 0 Å². The Labute approximate surface area is 137 Å². The molecule has 0 bridgehead atoms. The normalized spacial score (nSPS) is 19.5. The number of carbonyl (C=O) groups excluding carboxylic acids is 2. The Morgan fingerprint density at radius 2 is 2.22 bits per heavy atom. The first kappa shape index (κ1) is 15.5. The van der Waals surface area contributed by atoms with Crippen molar-refractivity contribution in [1.82, 2.24) is 5.32 Å². The summed E-state index contributed by atoms with van der Waals surface area (Å²) in [6, 6.07) is 7.37. The minimum Gasteiger partial charge on any atom is -0.497 e. The molecule has 0 saturated heterocycles. The van der Waals surface area contributed by atoms with Crippen LogP contribution >= 0.6 is 11.8 Å². The van der Waals surface area contributed by atoms with Gasteiger partial charge in [-0.1, -0.05) is 30.0 Å². The minimum atomic E-state index is -0.461. The summed E-state index contributed by atoms with van der Waals surface area (Å²) in [5.41, 5.74) is 0.888. The molecule has 1 unspecified atom stereocenters. The summed E-state index contributed by atoms with van der Waals surface area (Å²) >= 11 is 1.41. The Balaban J connectivity index is 1.67. The summed E-state index contributed by atoms with van der Waals surface area (Å²) in [6.45, 7) is 2.21. The molecule has 0 fully saturated rings. The standard InChI is InChI=1S/C16H15N3O3S/c1-9-6-12-14(20)18-13(19-16(12)23-9)15(21)17-8-10-4-3-5-11(7-10)22-2/h3-7,12H,8H2,1-2H3,(H,17,21). The minimum absolute atomic E-state index is 0.0836. The molecule has 2 amide bonds. The molecule has 7 heteroatoms. The highest BCUT2D eigenvalue weighted by molar-refractivity contribution is 8.17. The zero-order valence-corrected chi connectivity index (χ0v) is 13.5. The van der Waals surface area contributed by atoms with E-state index in [4.69, 9.17) is 4.74 Å². The Morgan fingerprint density at radius 3 is 3.00 bits per heavy atom. The largest absolute Gasteiger partial charge is 0.497 e. The van der Waals surface area contributed by atoms with Crippen LogP contribution < -0.4 is 10.1 Å². The molecular weight excluding hydrogens is 314 g/mol. The van der Waals surface area contributed by atoms with Crippen molar-refractivity contribution in [3.05, 3.63) is 40.8 Å². The van der Waals surface area contributed by atoms with Crippen LogP contribution in [0.5, 0.6) is 5.75 Å². The molecule has 23 heavy (non-hydrogen) atoms. The van der Waals surface area contributed by atoms with Crippen molar-refractivity contribution in [2.45, 2.75) is 13.5 Å². The molecule has 0 aromatic heterocycles. The van der Waals surface area contributed by atoms with E-state index in [1.165, 1.54) is 11.8 Å². The summed E-state index contributed by atoms with van der Waals surface area (Å²) in [7, 11) is 1.59. The molecule has 0 spiro atoms. The van der Waals surface area contributed by atoms with Gasteiger partial charge in [0.1, 0.15) is 11.7 Å². The molecule has 2 heterocycles. The molecule has 0 radical (unpaired) electrons. The summed E-state index contributed by atoms with van der Waals surface area (Å²) in [6.07, 6.45) is 1.82. The van der Waals surface area contributed by atoms with Gasteiger partial charge in [0.25, 0.3) is 11.8 Å². The smallest absolute Gasteiger partial charge is 0.289 e. The fraction of sp³-hybridized carbons (Fsp3) is 0.250. The van der Waals surface area contributed by atoms with Gasteiger partial charge in [-0.05, 0) is 29.5 Å². The molecule has 6 nitrogen and oxygen atoms in total. The van der Waals surface area contributed by atoms with Gasteiger partial charge in [0.2, 0.25) is 5.84 Å². The maximum absolute atomic E-state index is 12.2. The van der Waals surface area contributed by atoms with Gasteiger partial charge in [-0.2, -0.15) is 4.99 Å². The number of methoxy groups -OCH3 is 1. The fourth-order valence-corrected chi connectivity index (χ4v) is 3.25. The highest BCUT2D eigenvalue weighted by Crippen LogP contribution is 2.34. The van der Waals surface area contributed by atoms with Gasteiger partial charge >= 0.3 is 0 Å². The van der Waals surface area contributed by atoms with Crippen LogP contribution in [0.4, 0.5) is 0 Å². The number of ether oxygens (including phenoxy) is 1. The predicted molar refractivity (Wildman–Crippen MR) is 89.6 cm³/mol. The second-order valence-electron chi connectivity index (χ2n) is 5.11. The van der Waals surface area contributed by atoms with Gasteiger partial charge in [-0.25, -0.2) is 4.99 Å². The fourth-order valence-electron chi connectivity index (χ4n) is 2.29. The number of amides is 2. The first-order valence-electron chi connectivity index (χ1n) is 7.05. The molecule has 0 aliphatic carbocycles. The maximum Gasteiger partial charge on any atom is 0.289 e. The Morgan fingerprint density at radius 1 is 1.39 bits per heavy atom. The van der Waals surface area contributed by atoms with Crippen molar-refractivity contribution in [3.8, 4) is 5.75 Å². The van der Waals surface area contributed by atoms with Crippen LogP contribution in [0.1, 0.15) is 12.5 Å². The first-order chi connectivity index (χ1) is 11.1. The van der Waals surface area contributed by atoms with Gasteiger partial charge in [0.05, 0.1) is 12.2 Å². The van der Waals surface area contributed by atoms with Crippen molar-refractivity contribution in [2.24, 2.45) is 15.9 Å². The Bertz CT molecular complexity index is 768. The van der Waals surface area contributed by atoms with Crippen LogP contribution in [0, 0.1) is 5.92 Å². The van der Waals surface area contributed by atoms with E-state index in [1.54, 1.807) is 7.11 Å². The quantitative estimate of drug-likeness (QED) is 0.915. The summed E-state index contributed by atoms with van der Waals surface area (Å²) in [5.74, 6) is -0.591. The number of thioether (sulfide) groups is 1. The van der Waals surface area contributed by atoms with E-state index in [2.05, 4.69) is 15.3 Å². The average Bonchev–Trinajstić information content (AvgIpc) is 2.93. The van der Waals surface area contributed by atoms with E-state index < -0.39 is 11.8 Å². The third-order valence-corrected chi connectivity index (χ3v) is 4.43. The van der Waals surface area contributed by atoms with Crippen molar-refractivity contribution < 1.29 is 14.3 Å². The van der Waals surface area contributed by atoms with Crippen LogP contribution in [0.25, 0.3) is 0 Å². The molecular formula is C16H15N3O3S. The van der Waals surface area contributed by atoms with Gasteiger partial charge in [0.15, 0.2) is 0 Å².